The topological polar surface area (TPSA) is 78.8 Å². The van der Waals surface area contributed by atoms with E-state index in [1.54, 1.807) is 12.1 Å². The Morgan fingerprint density at radius 2 is 1.50 bits per heavy atom. The van der Waals surface area contributed by atoms with Gasteiger partial charge in [-0.1, -0.05) is 17.7 Å². The zero-order valence-corrected chi connectivity index (χ0v) is 18.4. The van der Waals surface area contributed by atoms with Gasteiger partial charge < -0.3 is 4.90 Å². The summed E-state index contributed by atoms with van der Waals surface area (Å²) in [6.45, 7) is 2.85. The third kappa shape index (κ3) is 4.26. The summed E-state index contributed by atoms with van der Waals surface area (Å²) in [6.07, 6.45) is -2.25. The number of alkyl halides is 3. The highest BCUT2D eigenvalue weighted by Gasteiger charge is 2.42. The predicted octanol–water partition coefficient (Wildman–Crippen LogP) is 2.30. The number of carbonyl (C=O) groups is 1. The summed E-state index contributed by atoms with van der Waals surface area (Å²) in [5.74, 6) is -0.811. The summed E-state index contributed by atoms with van der Waals surface area (Å²) >= 11 is 0. The van der Waals surface area contributed by atoms with Crippen LogP contribution in [0, 0.1) is 6.92 Å². The minimum Gasteiger partial charge on any atom is -0.336 e. The third-order valence-corrected chi connectivity index (χ3v) is 7.83. The number of aryl methyl sites for hydroxylation is 1. The number of hydrogen-bond acceptors (Lipinski definition) is 4. The summed E-state index contributed by atoms with van der Waals surface area (Å²) in [7, 11) is -3.61. The van der Waals surface area contributed by atoms with Crippen molar-refractivity contribution in [2.75, 3.05) is 39.3 Å². The van der Waals surface area contributed by atoms with Crippen molar-refractivity contribution in [3.8, 4) is 5.69 Å². The predicted molar refractivity (Wildman–Crippen MR) is 111 cm³/mol. The standard InChI is InChI=1S/C20H24F3N5O3S/c1-15-4-6-16(7-5-15)28-18(20(21,22)23)17(14-24-28)19(29)25-10-12-27(13-11-25)32(30,31)26-8-2-3-9-26/h4-7,14H,2-3,8-13H2,1H3. The van der Waals surface area contributed by atoms with Crippen molar-refractivity contribution >= 4 is 16.1 Å². The number of nitrogens with zero attached hydrogens (tertiary/aromatic N) is 5. The van der Waals surface area contributed by atoms with Crippen LogP contribution >= 0.6 is 0 Å². The van der Waals surface area contributed by atoms with Gasteiger partial charge in [0.1, 0.15) is 0 Å². The molecule has 0 radical (unpaired) electrons. The molecule has 174 valence electrons. The second kappa shape index (κ2) is 8.49. The normalized spacial score (nSPS) is 18.9. The first-order valence-corrected chi connectivity index (χ1v) is 11.8. The Kier molecular flexibility index (Phi) is 6.03. The Balaban J connectivity index is 1.54. The van der Waals surface area contributed by atoms with Crippen LogP contribution in [0.25, 0.3) is 5.69 Å². The van der Waals surface area contributed by atoms with Crippen molar-refractivity contribution in [2.24, 2.45) is 0 Å². The summed E-state index contributed by atoms with van der Waals surface area (Å²) in [6, 6.07) is 6.35. The van der Waals surface area contributed by atoms with Gasteiger partial charge in [0.25, 0.3) is 16.1 Å². The minimum atomic E-state index is -4.80. The molecule has 2 aliphatic heterocycles. The van der Waals surface area contributed by atoms with Crippen LogP contribution in [0.2, 0.25) is 0 Å². The van der Waals surface area contributed by atoms with E-state index in [9.17, 15) is 26.4 Å². The molecule has 2 aromatic rings. The van der Waals surface area contributed by atoms with Crippen molar-refractivity contribution in [3.63, 3.8) is 0 Å². The van der Waals surface area contributed by atoms with Crippen molar-refractivity contribution in [1.82, 2.24) is 23.3 Å². The second-order valence-electron chi connectivity index (χ2n) is 7.96. The van der Waals surface area contributed by atoms with Crippen LogP contribution in [0.5, 0.6) is 0 Å². The largest absolute Gasteiger partial charge is 0.434 e. The molecular weight excluding hydrogens is 447 g/mol. The Morgan fingerprint density at radius 1 is 0.938 bits per heavy atom. The number of aromatic nitrogens is 2. The maximum Gasteiger partial charge on any atom is 0.434 e. The van der Waals surface area contributed by atoms with Gasteiger partial charge in [0.15, 0.2) is 5.69 Å². The highest BCUT2D eigenvalue weighted by Crippen LogP contribution is 2.34. The van der Waals surface area contributed by atoms with E-state index in [1.165, 1.54) is 25.6 Å². The SMILES string of the molecule is Cc1ccc(-n2ncc(C(=O)N3CCN(S(=O)(=O)N4CCCC4)CC3)c2C(F)(F)F)cc1. The number of rotatable bonds is 4. The zero-order chi connectivity index (χ0) is 23.1. The lowest BCUT2D eigenvalue weighted by Crippen LogP contribution is -2.53. The third-order valence-electron chi connectivity index (χ3n) is 5.79. The van der Waals surface area contributed by atoms with Crippen LogP contribution in [0.3, 0.4) is 0 Å². The van der Waals surface area contributed by atoms with Crippen LogP contribution in [0.1, 0.15) is 34.5 Å². The first kappa shape index (κ1) is 22.7. The van der Waals surface area contributed by atoms with Crippen LogP contribution in [-0.4, -0.2) is 76.9 Å². The Hall–Kier alpha value is -2.44. The summed E-state index contributed by atoms with van der Waals surface area (Å²) in [5.41, 5.74) is -0.608. The van der Waals surface area contributed by atoms with Crippen LogP contribution in [0.4, 0.5) is 13.2 Å². The molecule has 0 unspecified atom stereocenters. The molecule has 0 bridgehead atoms. The molecule has 2 aliphatic rings. The number of hydrogen-bond donors (Lipinski definition) is 0. The van der Waals surface area contributed by atoms with E-state index in [4.69, 9.17) is 0 Å². The minimum absolute atomic E-state index is 0.0128. The number of carbonyl (C=O) groups excluding carboxylic acids is 1. The van der Waals surface area contributed by atoms with Gasteiger partial charge in [0, 0.05) is 39.3 Å². The lowest BCUT2D eigenvalue weighted by molar-refractivity contribution is -0.143. The summed E-state index contributed by atoms with van der Waals surface area (Å²) in [5, 5.41) is 3.84. The van der Waals surface area contributed by atoms with Gasteiger partial charge in [-0.25, -0.2) is 4.68 Å². The molecule has 0 spiro atoms. The molecule has 1 amide bonds. The van der Waals surface area contributed by atoms with Gasteiger partial charge in [-0.15, -0.1) is 0 Å². The monoisotopic (exact) mass is 471 g/mol. The molecular formula is C20H24F3N5O3S. The van der Waals surface area contributed by atoms with Gasteiger partial charge in [0.2, 0.25) is 0 Å². The fraction of sp³-hybridized carbons (Fsp3) is 0.500. The number of piperazine rings is 1. The number of benzene rings is 1. The molecule has 0 aliphatic carbocycles. The van der Waals surface area contributed by atoms with Gasteiger partial charge in [-0.2, -0.15) is 35.3 Å². The van der Waals surface area contributed by atoms with E-state index in [-0.39, 0.29) is 31.9 Å². The van der Waals surface area contributed by atoms with Crippen LogP contribution < -0.4 is 0 Å². The van der Waals surface area contributed by atoms with E-state index < -0.39 is 33.6 Å². The molecule has 1 aromatic carbocycles. The maximum absolute atomic E-state index is 13.9. The average molecular weight is 472 g/mol. The first-order valence-electron chi connectivity index (χ1n) is 10.4. The lowest BCUT2D eigenvalue weighted by Gasteiger charge is -2.35. The van der Waals surface area contributed by atoms with E-state index >= 15 is 0 Å². The van der Waals surface area contributed by atoms with Gasteiger partial charge in [-0.05, 0) is 31.9 Å². The number of amides is 1. The summed E-state index contributed by atoms with van der Waals surface area (Å²) in [4.78, 5) is 14.2. The fourth-order valence-corrected chi connectivity index (χ4v) is 5.70. The second-order valence-corrected chi connectivity index (χ2v) is 9.89. The average Bonchev–Trinajstić information content (AvgIpc) is 3.44. The smallest absolute Gasteiger partial charge is 0.336 e. The molecule has 8 nitrogen and oxygen atoms in total. The molecule has 3 heterocycles. The molecule has 2 saturated heterocycles. The lowest BCUT2D eigenvalue weighted by atomic mass is 10.1. The van der Waals surface area contributed by atoms with Gasteiger partial charge in [0.05, 0.1) is 17.4 Å². The quantitative estimate of drug-likeness (QED) is 0.686. The zero-order valence-electron chi connectivity index (χ0n) is 17.5. The Labute approximate surface area is 184 Å². The van der Waals surface area contributed by atoms with Gasteiger partial charge in [-0.3, -0.25) is 4.79 Å². The van der Waals surface area contributed by atoms with E-state index in [0.717, 1.165) is 29.3 Å². The fourth-order valence-electron chi connectivity index (χ4n) is 4.03. The number of halogens is 3. The summed E-state index contributed by atoms with van der Waals surface area (Å²) < 4.78 is 70.5. The molecule has 32 heavy (non-hydrogen) atoms. The van der Waals surface area contributed by atoms with Crippen molar-refractivity contribution < 1.29 is 26.4 Å². The Bertz CT molecular complexity index is 1080. The highest BCUT2D eigenvalue weighted by atomic mass is 32.2. The molecule has 4 rings (SSSR count). The van der Waals surface area contributed by atoms with Crippen LogP contribution in [0.15, 0.2) is 30.5 Å². The highest BCUT2D eigenvalue weighted by molar-refractivity contribution is 7.86. The molecule has 2 fully saturated rings. The van der Waals surface area contributed by atoms with Crippen LogP contribution in [-0.2, 0) is 16.4 Å². The molecule has 0 N–H and O–H groups in total. The van der Waals surface area contributed by atoms with E-state index in [0.29, 0.717) is 13.1 Å². The van der Waals surface area contributed by atoms with Crippen molar-refractivity contribution in [1.29, 1.82) is 0 Å². The van der Waals surface area contributed by atoms with E-state index in [1.807, 2.05) is 6.92 Å². The Morgan fingerprint density at radius 3 is 2.06 bits per heavy atom. The van der Waals surface area contributed by atoms with E-state index in [2.05, 4.69) is 5.10 Å². The first-order chi connectivity index (χ1) is 15.1. The molecule has 1 aromatic heterocycles. The molecule has 12 heteroatoms. The van der Waals surface area contributed by atoms with Gasteiger partial charge >= 0.3 is 6.18 Å². The molecule has 0 saturated carbocycles. The van der Waals surface area contributed by atoms with Crippen molar-refractivity contribution in [2.45, 2.75) is 25.9 Å². The maximum atomic E-state index is 13.9. The molecule has 0 atom stereocenters. The van der Waals surface area contributed by atoms with Crippen molar-refractivity contribution in [3.05, 3.63) is 47.3 Å².